The summed E-state index contributed by atoms with van der Waals surface area (Å²) < 4.78 is 15.5. The van der Waals surface area contributed by atoms with E-state index in [4.69, 9.17) is 14.2 Å². The first-order chi connectivity index (χ1) is 8.08. The van der Waals surface area contributed by atoms with Gasteiger partial charge in [-0.2, -0.15) is 9.97 Å². The number of esters is 1. The minimum Gasteiger partial charge on any atom is -0.480 e. The molecule has 0 N–H and O–H groups in total. The molecule has 0 amide bonds. The molecule has 0 aliphatic rings. The molecule has 1 aromatic rings. The number of aromatic nitrogens is 2. The molecule has 0 saturated carbocycles. The molecule has 0 atom stereocenters. The van der Waals surface area contributed by atoms with Gasteiger partial charge in [0.15, 0.2) is 6.61 Å². The van der Waals surface area contributed by atoms with Crippen molar-refractivity contribution in [3.8, 4) is 11.9 Å². The standard InChI is InChI=1S/C10H13BrN2O4/c1-4-16-7(14)5-17-10-12-6(2)8(11)9(13-10)15-3/h4-5H2,1-3H3. The third-order valence-corrected chi connectivity index (χ3v) is 2.70. The fourth-order valence-electron chi connectivity index (χ4n) is 1.03. The predicted molar refractivity (Wildman–Crippen MR) is 63.1 cm³/mol. The van der Waals surface area contributed by atoms with E-state index in [1.807, 2.05) is 0 Å². The van der Waals surface area contributed by atoms with Gasteiger partial charge in [-0.25, -0.2) is 4.79 Å². The Balaban J connectivity index is 2.72. The highest BCUT2D eigenvalue weighted by Crippen LogP contribution is 2.26. The number of rotatable bonds is 5. The van der Waals surface area contributed by atoms with Gasteiger partial charge < -0.3 is 14.2 Å². The molecule has 17 heavy (non-hydrogen) atoms. The molecule has 1 aromatic heterocycles. The van der Waals surface area contributed by atoms with Crippen LogP contribution in [0, 0.1) is 6.92 Å². The third kappa shape index (κ3) is 3.85. The van der Waals surface area contributed by atoms with Gasteiger partial charge in [-0.3, -0.25) is 0 Å². The van der Waals surface area contributed by atoms with Gasteiger partial charge in [0.25, 0.3) is 0 Å². The molecule has 0 spiro atoms. The van der Waals surface area contributed by atoms with E-state index in [1.54, 1.807) is 13.8 Å². The van der Waals surface area contributed by atoms with Crippen LogP contribution in [0.3, 0.4) is 0 Å². The largest absolute Gasteiger partial charge is 0.480 e. The lowest BCUT2D eigenvalue weighted by molar-refractivity contribution is -0.145. The molecule has 0 aromatic carbocycles. The molecule has 0 bridgehead atoms. The SMILES string of the molecule is CCOC(=O)COc1nc(C)c(Br)c(OC)n1. The number of methoxy groups -OCH3 is 1. The molecule has 0 aliphatic heterocycles. The zero-order valence-electron chi connectivity index (χ0n) is 9.82. The Kier molecular flexibility index (Phi) is 5.14. The Morgan fingerprint density at radius 2 is 2.12 bits per heavy atom. The minimum absolute atomic E-state index is 0.0793. The van der Waals surface area contributed by atoms with E-state index in [9.17, 15) is 4.79 Å². The molecule has 7 heteroatoms. The predicted octanol–water partition coefficient (Wildman–Crippen LogP) is 1.50. The van der Waals surface area contributed by atoms with E-state index in [2.05, 4.69) is 25.9 Å². The quantitative estimate of drug-likeness (QED) is 0.768. The zero-order chi connectivity index (χ0) is 12.8. The molecule has 0 aliphatic carbocycles. The smallest absolute Gasteiger partial charge is 0.344 e. The van der Waals surface area contributed by atoms with Gasteiger partial charge in [0.05, 0.1) is 19.4 Å². The van der Waals surface area contributed by atoms with Crippen LogP contribution in [0.25, 0.3) is 0 Å². The van der Waals surface area contributed by atoms with Crippen molar-refractivity contribution in [1.82, 2.24) is 9.97 Å². The van der Waals surface area contributed by atoms with E-state index in [0.29, 0.717) is 22.7 Å². The summed E-state index contributed by atoms with van der Waals surface area (Å²) in [5.41, 5.74) is 0.663. The van der Waals surface area contributed by atoms with Gasteiger partial charge in [-0.1, -0.05) is 0 Å². The van der Waals surface area contributed by atoms with Crippen LogP contribution in [-0.2, 0) is 9.53 Å². The van der Waals surface area contributed by atoms with Crippen LogP contribution in [0.1, 0.15) is 12.6 Å². The first-order valence-corrected chi connectivity index (χ1v) is 5.74. The van der Waals surface area contributed by atoms with Crippen LogP contribution in [0.2, 0.25) is 0 Å². The number of hydrogen-bond acceptors (Lipinski definition) is 6. The van der Waals surface area contributed by atoms with Crippen molar-refractivity contribution in [2.24, 2.45) is 0 Å². The van der Waals surface area contributed by atoms with Crippen molar-refractivity contribution < 1.29 is 19.0 Å². The summed E-state index contributed by atoms with van der Waals surface area (Å²) >= 11 is 3.28. The lowest BCUT2D eigenvalue weighted by atomic mass is 10.4. The number of ether oxygens (including phenoxy) is 3. The average molecular weight is 305 g/mol. The second-order valence-electron chi connectivity index (χ2n) is 3.01. The number of halogens is 1. The first kappa shape index (κ1) is 13.7. The number of hydrogen-bond donors (Lipinski definition) is 0. The lowest BCUT2D eigenvalue weighted by Gasteiger charge is -2.08. The van der Waals surface area contributed by atoms with Crippen LogP contribution in [0.15, 0.2) is 4.47 Å². The number of nitrogens with zero attached hydrogens (tertiary/aromatic N) is 2. The van der Waals surface area contributed by atoms with E-state index in [0.717, 1.165) is 0 Å². The number of carbonyl (C=O) groups is 1. The highest BCUT2D eigenvalue weighted by Gasteiger charge is 2.12. The fraction of sp³-hybridized carbons (Fsp3) is 0.500. The first-order valence-electron chi connectivity index (χ1n) is 4.95. The second-order valence-corrected chi connectivity index (χ2v) is 3.80. The summed E-state index contributed by atoms with van der Waals surface area (Å²) in [4.78, 5) is 19.1. The molecule has 0 saturated heterocycles. The molecule has 0 radical (unpaired) electrons. The van der Waals surface area contributed by atoms with Gasteiger partial charge in [0, 0.05) is 0 Å². The molecule has 1 rings (SSSR count). The minimum atomic E-state index is -0.462. The Morgan fingerprint density at radius 3 is 2.71 bits per heavy atom. The highest BCUT2D eigenvalue weighted by atomic mass is 79.9. The second kappa shape index (κ2) is 6.39. The van der Waals surface area contributed by atoms with Crippen molar-refractivity contribution in [3.05, 3.63) is 10.2 Å². The van der Waals surface area contributed by atoms with Crippen LogP contribution in [0.5, 0.6) is 11.9 Å². The number of aryl methyl sites for hydroxylation is 1. The number of carbonyl (C=O) groups excluding carboxylic acids is 1. The molecule has 6 nitrogen and oxygen atoms in total. The summed E-state index contributed by atoms with van der Waals surface area (Å²) in [6.07, 6.45) is 0. The average Bonchev–Trinajstić information content (AvgIpc) is 2.31. The highest BCUT2D eigenvalue weighted by molar-refractivity contribution is 9.10. The molecule has 0 unspecified atom stereocenters. The van der Waals surface area contributed by atoms with E-state index >= 15 is 0 Å². The van der Waals surface area contributed by atoms with E-state index in [-0.39, 0.29) is 12.6 Å². The Morgan fingerprint density at radius 1 is 1.41 bits per heavy atom. The summed E-state index contributed by atoms with van der Waals surface area (Å²) in [6.45, 7) is 3.58. The summed E-state index contributed by atoms with van der Waals surface area (Å²) in [6, 6.07) is 0.0793. The Hall–Kier alpha value is -1.37. The lowest BCUT2D eigenvalue weighted by Crippen LogP contribution is -2.16. The van der Waals surface area contributed by atoms with Crippen molar-refractivity contribution in [1.29, 1.82) is 0 Å². The van der Waals surface area contributed by atoms with Crippen LogP contribution >= 0.6 is 15.9 Å². The maximum atomic E-state index is 11.1. The summed E-state index contributed by atoms with van der Waals surface area (Å²) in [7, 11) is 1.49. The van der Waals surface area contributed by atoms with Crippen LogP contribution < -0.4 is 9.47 Å². The topological polar surface area (TPSA) is 70.5 Å². The van der Waals surface area contributed by atoms with E-state index in [1.165, 1.54) is 7.11 Å². The molecule has 94 valence electrons. The summed E-state index contributed by atoms with van der Waals surface area (Å²) in [5, 5.41) is 0. The van der Waals surface area contributed by atoms with Crippen LogP contribution in [-0.4, -0.2) is 36.3 Å². The monoisotopic (exact) mass is 304 g/mol. The molecule has 0 fully saturated rings. The van der Waals surface area contributed by atoms with Crippen LogP contribution in [0.4, 0.5) is 0 Å². The normalized spacial score (nSPS) is 9.88. The van der Waals surface area contributed by atoms with Gasteiger partial charge in [0.1, 0.15) is 4.47 Å². The zero-order valence-corrected chi connectivity index (χ0v) is 11.4. The van der Waals surface area contributed by atoms with Crippen molar-refractivity contribution in [3.63, 3.8) is 0 Å². The Labute approximate surface area is 107 Å². The van der Waals surface area contributed by atoms with Gasteiger partial charge in [-0.15, -0.1) is 0 Å². The fourth-order valence-corrected chi connectivity index (χ4v) is 1.37. The molecule has 1 heterocycles. The molecular weight excluding hydrogens is 292 g/mol. The van der Waals surface area contributed by atoms with E-state index < -0.39 is 5.97 Å². The maximum absolute atomic E-state index is 11.1. The Bertz CT molecular complexity index is 412. The van der Waals surface area contributed by atoms with Gasteiger partial charge >= 0.3 is 12.0 Å². The summed E-state index contributed by atoms with van der Waals surface area (Å²) in [5.74, 6) is -0.105. The van der Waals surface area contributed by atoms with Crippen molar-refractivity contribution >= 4 is 21.9 Å². The third-order valence-electron chi connectivity index (χ3n) is 1.78. The van der Waals surface area contributed by atoms with Gasteiger partial charge in [0.2, 0.25) is 5.88 Å². The van der Waals surface area contributed by atoms with Crippen molar-refractivity contribution in [2.75, 3.05) is 20.3 Å². The van der Waals surface area contributed by atoms with Crippen molar-refractivity contribution in [2.45, 2.75) is 13.8 Å². The van der Waals surface area contributed by atoms with Gasteiger partial charge in [-0.05, 0) is 29.8 Å². The maximum Gasteiger partial charge on any atom is 0.344 e. The molecular formula is C10H13BrN2O4.